The zero-order valence-corrected chi connectivity index (χ0v) is 8.74. The second-order valence-electron chi connectivity index (χ2n) is 4.90. The first-order chi connectivity index (χ1) is 6.27. The molecule has 72 valence electrons. The van der Waals surface area contributed by atoms with Crippen LogP contribution < -0.4 is 0 Å². The van der Waals surface area contributed by atoms with E-state index in [0.29, 0.717) is 0 Å². The van der Waals surface area contributed by atoms with Crippen LogP contribution in [0.5, 0.6) is 0 Å². The Morgan fingerprint density at radius 2 is 1.85 bits per heavy atom. The molecule has 0 aromatic rings. The van der Waals surface area contributed by atoms with E-state index in [4.69, 9.17) is 0 Å². The maximum Gasteiger partial charge on any atom is -0.0167 e. The van der Waals surface area contributed by atoms with Crippen molar-refractivity contribution in [2.75, 3.05) is 0 Å². The van der Waals surface area contributed by atoms with Crippen molar-refractivity contribution in [3.8, 4) is 0 Å². The zero-order valence-electron chi connectivity index (χ0n) is 8.74. The van der Waals surface area contributed by atoms with Gasteiger partial charge in [-0.1, -0.05) is 38.2 Å². The fraction of sp³-hybridized carbons (Fsp3) is 0.692. The molecule has 0 aliphatic heterocycles. The third-order valence-corrected chi connectivity index (χ3v) is 3.66. The van der Waals surface area contributed by atoms with Gasteiger partial charge in [0.25, 0.3) is 0 Å². The molecule has 0 radical (unpaired) electrons. The van der Waals surface area contributed by atoms with Gasteiger partial charge in [0, 0.05) is 0 Å². The fourth-order valence-electron chi connectivity index (χ4n) is 2.61. The summed E-state index contributed by atoms with van der Waals surface area (Å²) < 4.78 is 0. The van der Waals surface area contributed by atoms with Crippen molar-refractivity contribution in [3.63, 3.8) is 0 Å². The molecule has 0 saturated carbocycles. The van der Waals surface area contributed by atoms with Crippen LogP contribution in [0.3, 0.4) is 0 Å². The van der Waals surface area contributed by atoms with E-state index >= 15 is 0 Å². The van der Waals surface area contributed by atoms with E-state index in [-0.39, 0.29) is 0 Å². The van der Waals surface area contributed by atoms with Crippen LogP contribution in [-0.2, 0) is 0 Å². The normalized spacial score (nSPS) is 37.9. The van der Waals surface area contributed by atoms with Gasteiger partial charge in [0.1, 0.15) is 0 Å². The van der Waals surface area contributed by atoms with Gasteiger partial charge in [0.15, 0.2) is 0 Å². The molecule has 0 saturated heterocycles. The minimum absolute atomic E-state index is 0.822. The summed E-state index contributed by atoms with van der Waals surface area (Å²) in [6.07, 6.45) is 13.7. The van der Waals surface area contributed by atoms with Gasteiger partial charge in [-0.05, 0) is 42.9 Å². The van der Waals surface area contributed by atoms with Crippen molar-refractivity contribution in [1.82, 2.24) is 0 Å². The molecule has 2 aliphatic carbocycles. The summed E-state index contributed by atoms with van der Waals surface area (Å²) in [4.78, 5) is 0. The fourth-order valence-corrected chi connectivity index (χ4v) is 2.61. The summed E-state index contributed by atoms with van der Waals surface area (Å²) in [6.45, 7) is 4.68. The Labute approximate surface area is 81.7 Å². The Morgan fingerprint density at radius 1 is 1.08 bits per heavy atom. The van der Waals surface area contributed by atoms with Gasteiger partial charge in [0.05, 0.1) is 0 Å². The average Bonchev–Trinajstić information content (AvgIpc) is 2.17. The summed E-state index contributed by atoms with van der Waals surface area (Å²) >= 11 is 0. The van der Waals surface area contributed by atoms with E-state index in [1.54, 1.807) is 0 Å². The molecule has 0 nitrogen and oxygen atoms in total. The summed E-state index contributed by atoms with van der Waals surface area (Å²) in [7, 11) is 0. The van der Waals surface area contributed by atoms with Gasteiger partial charge in [-0.15, -0.1) is 0 Å². The van der Waals surface area contributed by atoms with Gasteiger partial charge in [0.2, 0.25) is 0 Å². The predicted octanol–water partition coefficient (Wildman–Crippen LogP) is 3.80. The molecule has 0 aromatic carbocycles. The highest BCUT2D eigenvalue weighted by atomic mass is 14.3. The Balaban J connectivity index is 2.06. The molecule has 0 amide bonds. The second kappa shape index (κ2) is 3.69. The van der Waals surface area contributed by atoms with Crippen molar-refractivity contribution in [2.24, 2.45) is 23.7 Å². The van der Waals surface area contributed by atoms with Gasteiger partial charge in [-0.2, -0.15) is 0 Å². The summed E-state index contributed by atoms with van der Waals surface area (Å²) in [5, 5.41) is 0. The van der Waals surface area contributed by atoms with Crippen LogP contribution in [-0.4, -0.2) is 0 Å². The maximum atomic E-state index is 2.47. The molecule has 2 aliphatic rings. The van der Waals surface area contributed by atoms with E-state index in [1.807, 2.05) is 0 Å². The molecular formula is C13H20. The molecule has 0 bridgehead atoms. The molecule has 3 unspecified atom stereocenters. The third-order valence-electron chi connectivity index (χ3n) is 3.66. The highest BCUT2D eigenvalue weighted by Gasteiger charge is 2.27. The van der Waals surface area contributed by atoms with E-state index in [1.165, 1.54) is 19.3 Å². The van der Waals surface area contributed by atoms with Crippen molar-refractivity contribution in [1.29, 1.82) is 0 Å². The SMILES string of the molecule is CC(C)C1C=CC2CC=CCC2C1. The van der Waals surface area contributed by atoms with E-state index in [2.05, 4.69) is 38.2 Å². The molecule has 0 heteroatoms. The topological polar surface area (TPSA) is 0 Å². The minimum Gasteiger partial charge on any atom is -0.0882 e. The largest absolute Gasteiger partial charge is 0.0882 e. The number of hydrogen-bond acceptors (Lipinski definition) is 0. The first-order valence-corrected chi connectivity index (χ1v) is 5.60. The molecule has 0 heterocycles. The molecule has 0 N–H and O–H groups in total. The van der Waals surface area contributed by atoms with Crippen LogP contribution >= 0.6 is 0 Å². The van der Waals surface area contributed by atoms with Crippen molar-refractivity contribution in [2.45, 2.75) is 33.1 Å². The molecule has 3 atom stereocenters. The molecule has 2 rings (SSSR count). The summed E-state index contributed by atoms with van der Waals surface area (Å²) in [6, 6.07) is 0. The number of allylic oxidation sites excluding steroid dienone is 4. The lowest BCUT2D eigenvalue weighted by Crippen LogP contribution is -2.24. The first-order valence-electron chi connectivity index (χ1n) is 5.60. The Bertz CT molecular complexity index is 222. The van der Waals surface area contributed by atoms with Crippen LogP contribution in [0.25, 0.3) is 0 Å². The lowest BCUT2D eigenvalue weighted by atomic mass is 9.71. The summed E-state index contributed by atoms with van der Waals surface area (Å²) in [5.41, 5.74) is 0. The Hall–Kier alpha value is -0.520. The van der Waals surface area contributed by atoms with E-state index in [9.17, 15) is 0 Å². The molecule has 0 aromatic heterocycles. The average molecular weight is 176 g/mol. The van der Waals surface area contributed by atoms with Gasteiger partial charge in [-0.3, -0.25) is 0 Å². The number of hydrogen-bond donors (Lipinski definition) is 0. The van der Waals surface area contributed by atoms with Crippen LogP contribution in [0, 0.1) is 23.7 Å². The van der Waals surface area contributed by atoms with Crippen molar-refractivity contribution in [3.05, 3.63) is 24.3 Å². The van der Waals surface area contributed by atoms with Crippen LogP contribution in [0.4, 0.5) is 0 Å². The highest BCUT2D eigenvalue weighted by molar-refractivity contribution is 5.08. The standard InChI is InChI=1S/C13H20/c1-10(2)12-8-7-11-5-3-4-6-13(11)9-12/h3-4,7-8,10-13H,5-6,9H2,1-2H3. The molecule has 13 heavy (non-hydrogen) atoms. The quantitative estimate of drug-likeness (QED) is 0.533. The van der Waals surface area contributed by atoms with E-state index < -0.39 is 0 Å². The third kappa shape index (κ3) is 1.87. The highest BCUT2D eigenvalue weighted by Crippen LogP contribution is 2.38. The number of rotatable bonds is 1. The lowest BCUT2D eigenvalue weighted by molar-refractivity contribution is 0.266. The monoisotopic (exact) mass is 176 g/mol. The van der Waals surface area contributed by atoms with Crippen LogP contribution in [0.1, 0.15) is 33.1 Å². The lowest BCUT2D eigenvalue weighted by Gasteiger charge is -2.34. The van der Waals surface area contributed by atoms with Gasteiger partial charge >= 0.3 is 0 Å². The minimum atomic E-state index is 0.822. The second-order valence-corrected chi connectivity index (χ2v) is 4.90. The summed E-state index contributed by atoms with van der Waals surface area (Å²) in [5.74, 6) is 3.47. The molecular weight excluding hydrogens is 156 g/mol. The van der Waals surface area contributed by atoms with Crippen molar-refractivity contribution >= 4 is 0 Å². The zero-order chi connectivity index (χ0) is 9.26. The molecule has 0 spiro atoms. The Kier molecular flexibility index (Phi) is 2.57. The first kappa shape index (κ1) is 9.05. The van der Waals surface area contributed by atoms with Crippen molar-refractivity contribution < 1.29 is 0 Å². The van der Waals surface area contributed by atoms with Crippen LogP contribution in [0.15, 0.2) is 24.3 Å². The Morgan fingerprint density at radius 3 is 2.62 bits per heavy atom. The number of fused-ring (bicyclic) bond motifs is 1. The maximum absolute atomic E-state index is 2.47. The molecule has 0 fully saturated rings. The smallest absolute Gasteiger partial charge is 0.0167 e. The predicted molar refractivity (Wildman–Crippen MR) is 57.4 cm³/mol. The van der Waals surface area contributed by atoms with Crippen LogP contribution in [0.2, 0.25) is 0 Å². The van der Waals surface area contributed by atoms with Gasteiger partial charge < -0.3 is 0 Å². The van der Waals surface area contributed by atoms with E-state index in [0.717, 1.165) is 23.7 Å². The van der Waals surface area contributed by atoms with Gasteiger partial charge in [-0.25, -0.2) is 0 Å².